The van der Waals surface area contributed by atoms with Gasteiger partial charge in [-0.05, 0) is 23.9 Å². The molecule has 0 aliphatic carbocycles. The van der Waals surface area contributed by atoms with Crippen LogP contribution in [-0.2, 0) is 0 Å². The second kappa shape index (κ2) is 4.02. The maximum Gasteiger partial charge on any atom is 0.0780 e. The van der Waals surface area contributed by atoms with Crippen molar-refractivity contribution in [3.05, 3.63) is 66.4 Å². The first-order valence-corrected chi connectivity index (χ1v) is 5.76. The van der Waals surface area contributed by atoms with Gasteiger partial charge in [-0.1, -0.05) is 48.5 Å². The Kier molecular flexibility index (Phi) is 2.37. The topological polar surface area (TPSA) is 12.9 Å². The molecular weight excluding hydrogens is 206 g/mol. The molecule has 1 aromatic heterocycles. The Morgan fingerprint density at radius 2 is 1.59 bits per heavy atom. The number of aryl methyl sites for hydroxylation is 1. The van der Waals surface area contributed by atoms with Gasteiger partial charge in [0.05, 0.1) is 5.69 Å². The van der Waals surface area contributed by atoms with Crippen molar-refractivity contribution in [1.29, 1.82) is 0 Å². The Hall–Kier alpha value is -2.15. The van der Waals surface area contributed by atoms with Crippen LogP contribution >= 0.6 is 0 Å². The molecule has 2 aromatic carbocycles. The third kappa shape index (κ3) is 1.70. The van der Waals surface area contributed by atoms with Crippen LogP contribution in [0, 0.1) is 6.92 Å². The van der Waals surface area contributed by atoms with E-state index in [0.717, 1.165) is 5.69 Å². The average molecular weight is 219 g/mol. The molecule has 0 aliphatic heterocycles. The highest BCUT2D eigenvalue weighted by Crippen LogP contribution is 2.27. The van der Waals surface area contributed by atoms with E-state index in [4.69, 9.17) is 0 Å². The maximum atomic E-state index is 4.52. The van der Waals surface area contributed by atoms with E-state index in [1.165, 1.54) is 21.9 Å². The molecule has 1 nitrogen and oxygen atoms in total. The second-order valence-corrected chi connectivity index (χ2v) is 4.20. The number of hydrogen-bond acceptors (Lipinski definition) is 1. The summed E-state index contributed by atoms with van der Waals surface area (Å²) < 4.78 is 0. The molecule has 17 heavy (non-hydrogen) atoms. The first-order valence-electron chi connectivity index (χ1n) is 5.76. The lowest BCUT2D eigenvalue weighted by Crippen LogP contribution is -1.87. The van der Waals surface area contributed by atoms with E-state index in [1.807, 2.05) is 24.4 Å². The molecule has 1 heterocycles. The van der Waals surface area contributed by atoms with Crippen molar-refractivity contribution < 1.29 is 0 Å². The predicted octanol–water partition coefficient (Wildman–Crippen LogP) is 4.21. The second-order valence-electron chi connectivity index (χ2n) is 4.20. The lowest BCUT2D eigenvalue weighted by Gasteiger charge is -2.07. The zero-order chi connectivity index (χ0) is 11.7. The van der Waals surface area contributed by atoms with E-state index in [0.29, 0.717) is 0 Å². The summed E-state index contributed by atoms with van der Waals surface area (Å²) in [5.74, 6) is 0. The molecule has 0 aliphatic rings. The van der Waals surface area contributed by atoms with Gasteiger partial charge in [-0.15, -0.1) is 0 Å². The highest BCUT2D eigenvalue weighted by atomic mass is 14.7. The van der Waals surface area contributed by atoms with Crippen molar-refractivity contribution in [2.75, 3.05) is 0 Å². The first-order chi connectivity index (χ1) is 8.36. The van der Waals surface area contributed by atoms with Crippen molar-refractivity contribution in [3.63, 3.8) is 0 Å². The van der Waals surface area contributed by atoms with E-state index < -0.39 is 0 Å². The number of fused-ring (bicyclic) bond motifs is 1. The third-order valence-corrected chi connectivity index (χ3v) is 3.07. The molecule has 0 radical (unpaired) electrons. The molecule has 0 unspecified atom stereocenters. The SMILES string of the molecule is Cc1cccc2c(-c3ccccc3)nccc12. The molecule has 3 aromatic rings. The fourth-order valence-corrected chi connectivity index (χ4v) is 2.19. The minimum Gasteiger partial charge on any atom is -0.256 e. The standard InChI is InChI=1S/C16H13N/c1-12-6-5-9-15-14(12)10-11-17-16(15)13-7-3-2-4-8-13/h2-11H,1H3. The molecule has 0 saturated carbocycles. The summed E-state index contributed by atoms with van der Waals surface area (Å²) in [5, 5.41) is 2.50. The van der Waals surface area contributed by atoms with E-state index in [9.17, 15) is 0 Å². The number of nitrogens with zero attached hydrogens (tertiary/aromatic N) is 1. The Morgan fingerprint density at radius 3 is 2.41 bits per heavy atom. The van der Waals surface area contributed by atoms with Crippen LogP contribution in [-0.4, -0.2) is 4.98 Å². The smallest absolute Gasteiger partial charge is 0.0780 e. The van der Waals surface area contributed by atoms with Crippen LogP contribution in [0.5, 0.6) is 0 Å². The maximum absolute atomic E-state index is 4.52. The Labute approximate surface area is 101 Å². The van der Waals surface area contributed by atoms with E-state index in [-0.39, 0.29) is 0 Å². The fourth-order valence-electron chi connectivity index (χ4n) is 2.19. The summed E-state index contributed by atoms with van der Waals surface area (Å²) in [5.41, 5.74) is 3.53. The van der Waals surface area contributed by atoms with Gasteiger partial charge in [-0.25, -0.2) is 0 Å². The Bertz CT molecular complexity index is 657. The lowest BCUT2D eigenvalue weighted by molar-refractivity contribution is 1.35. The van der Waals surface area contributed by atoms with Gasteiger partial charge in [-0.2, -0.15) is 0 Å². The number of aromatic nitrogens is 1. The first kappa shape index (κ1) is 10.0. The van der Waals surface area contributed by atoms with Crippen molar-refractivity contribution >= 4 is 10.8 Å². The van der Waals surface area contributed by atoms with E-state index in [1.54, 1.807) is 0 Å². The van der Waals surface area contributed by atoms with Gasteiger partial charge in [0.2, 0.25) is 0 Å². The van der Waals surface area contributed by atoms with Gasteiger partial charge >= 0.3 is 0 Å². The van der Waals surface area contributed by atoms with Crippen LogP contribution in [0.15, 0.2) is 60.8 Å². The average Bonchev–Trinajstić information content (AvgIpc) is 2.40. The summed E-state index contributed by atoms with van der Waals surface area (Å²) in [7, 11) is 0. The highest BCUT2D eigenvalue weighted by molar-refractivity contribution is 5.96. The summed E-state index contributed by atoms with van der Waals surface area (Å²) >= 11 is 0. The molecule has 1 heteroatoms. The number of benzene rings is 2. The van der Waals surface area contributed by atoms with Gasteiger partial charge in [0, 0.05) is 17.1 Å². The minimum atomic E-state index is 1.06. The van der Waals surface area contributed by atoms with Crippen LogP contribution in [0.2, 0.25) is 0 Å². The Morgan fingerprint density at radius 1 is 0.765 bits per heavy atom. The largest absolute Gasteiger partial charge is 0.256 e. The number of pyridine rings is 1. The molecule has 82 valence electrons. The molecule has 0 amide bonds. The molecule has 0 bridgehead atoms. The predicted molar refractivity (Wildman–Crippen MR) is 71.9 cm³/mol. The summed E-state index contributed by atoms with van der Waals surface area (Å²) in [6.07, 6.45) is 1.89. The fraction of sp³-hybridized carbons (Fsp3) is 0.0625. The van der Waals surface area contributed by atoms with Crippen LogP contribution in [0.3, 0.4) is 0 Å². The van der Waals surface area contributed by atoms with Crippen LogP contribution in [0.25, 0.3) is 22.0 Å². The van der Waals surface area contributed by atoms with Crippen molar-refractivity contribution in [1.82, 2.24) is 4.98 Å². The van der Waals surface area contributed by atoms with Crippen LogP contribution in [0.4, 0.5) is 0 Å². The van der Waals surface area contributed by atoms with Crippen molar-refractivity contribution in [2.24, 2.45) is 0 Å². The van der Waals surface area contributed by atoms with Gasteiger partial charge in [0.25, 0.3) is 0 Å². The van der Waals surface area contributed by atoms with Crippen molar-refractivity contribution in [3.8, 4) is 11.3 Å². The molecule has 3 rings (SSSR count). The van der Waals surface area contributed by atoms with E-state index in [2.05, 4.69) is 48.3 Å². The zero-order valence-corrected chi connectivity index (χ0v) is 9.72. The molecule has 0 N–H and O–H groups in total. The summed E-state index contributed by atoms with van der Waals surface area (Å²) in [6, 6.07) is 18.8. The number of rotatable bonds is 1. The summed E-state index contributed by atoms with van der Waals surface area (Å²) in [6.45, 7) is 2.14. The molecule has 0 saturated heterocycles. The van der Waals surface area contributed by atoms with Gasteiger partial charge in [0.1, 0.15) is 0 Å². The molecule has 0 fully saturated rings. The third-order valence-electron chi connectivity index (χ3n) is 3.07. The Balaban J connectivity index is 2.35. The van der Waals surface area contributed by atoms with E-state index >= 15 is 0 Å². The molecular formula is C16H13N. The number of hydrogen-bond donors (Lipinski definition) is 0. The zero-order valence-electron chi connectivity index (χ0n) is 9.72. The summed E-state index contributed by atoms with van der Waals surface area (Å²) in [4.78, 5) is 4.52. The molecule has 0 spiro atoms. The normalized spacial score (nSPS) is 10.6. The van der Waals surface area contributed by atoms with Crippen molar-refractivity contribution in [2.45, 2.75) is 6.92 Å². The van der Waals surface area contributed by atoms with Crippen LogP contribution < -0.4 is 0 Å². The quantitative estimate of drug-likeness (QED) is 0.597. The monoisotopic (exact) mass is 219 g/mol. The molecule has 0 atom stereocenters. The lowest BCUT2D eigenvalue weighted by atomic mass is 10.0. The van der Waals surface area contributed by atoms with Gasteiger partial charge in [-0.3, -0.25) is 4.98 Å². The highest BCUT2D eigenvalue weighted by Gasteiger charge is 2.05. The van der Waals surface area contributed by atoms with Gasteiger partial charge < -0.3 is 0 Å². The minimum absolute atomic E-state index is 1.06. The van der Waals surface area contributed by atoms with Crippen LogP contribution in [0.1, 0.15) is 5.56 Å². The van der Waals surface area contributed by atoms with Gasteiger partial charge in [0.15, 0.2) is 0 Å².